The summed E-state index contributed by atoms with van der Waals surface area (Å²) in [5, 5.41) is 5.63. The Kier molecular flexibility index (Phi) is 4.64. The fourth-order valence-electron chi connectivity index (χ4n) is 3.05. The SMILES string of the molecule is CCCCc1ncc([C@H]2CC(=O)Nc3cc(NC(C)=O)ccc32)[nH]1. The topological polar surface area (TPSA) is 86.9 Å². The van der Waals surface area contributed by atoms with E-state index in [-0.39, 0.29) is 17.7 Å². The molecule has 0 saturated carbocycles. The molecule has 2 heterocycles. The van der Waals surface area contributed by atoms with Crippen molar-refractivity contribution >= 4 is 23.2 Å². The standard InChI is InChI=1S/C18H22N4O2/c1-3-4-5-17-19-10-16(21-17)14-9-18(24)22-15-8-12(20-11(2)23)6-7-13(14)15/h6-8,10,14H,3-5,9H2,1-2H3,(H,19,21)(H,20,23)(H,22,24)/t14-/m0/s1. The van der Waals surface area contributed by atoms with Gasteiger partial charge in [-0.3, -0.25) is 9.59 Å². The van der Waals surface area contributed by atoms with E-state index in [4.69, 9.17) is 0 Å². The zero-order chi connectivity index (χ0) is 17.1. The van der Waals surface area contributed by atoms with E-state index in [1.807, 2.05) is 18.3 Å². The lowest BCUT2D eigenvalue weighted by molar-refractivity contribution is -0.116. The molecule has 1 aromatic carbocycles. The third-order valence-electron chi connectivity index (χ3n) is 4.20. The second-order valence-electron chi connectivity index (χ2n) is 6.18. The zero-order valence-electron chi connectivity index (χ0n) is 14.0. The van der Waals surface area contributed by atoms with Crippen LogP contribution in [-0.4, -0.2) is 21.8 Å². The molecule has 6 heteroatoms. The molecule has 126 valence electrons. The predicted octanol–water partition coefficient (Wildman–Crippen LogP) is 3.18. The number of unbranched alkanes of at least 4 members (excludes halogenated alkanes) is 1. The molecule has 1 aliphatic heterocycles. The number of amides is 2. The number of carbonyl (C=O) groups excluding carboxylic acids is 2. The minimum Gasteiger partial charge on any atom is -0.345 e. The van der Waals surface area contributed by atoms with Crippen molar-refractivity contribution in [2.45, 2.75) is 45.4 Å². The first-order valence-electron chi connectivity index (χ1n) is 8.32. The Morgan fingerprint density at radius 3 is 3.00 bits per heavy atom. The van der Waals surface area contributed by atoms with Gasteiger partial charge in [0.2, 0.25) is 11.8 Å². The summed E-state index contributed by atoms with van der Waals surface area (Å²) < 4.78 is 0. The third kappa shape index (κ3) is 3.48. The highest BCUT2D eigenvalue weighted by Crippen LogP contribution is 2.37. The second-order valence-corrected chi connectivity index (χ2v) is 6.18. The van der Waals surface area contributed by atoms with Gasteiger partial charge in [0, 0.05) is 48.9 Å². The van der Waals surface area contributed by atoms with Crippen LogP contribution in [0.25, 0.3) is 0 Å². The number of rotatable bonds is 5. The summed E-state index contributed by atoms with van der Waals surface area (Å²) in [5.74, 6) is 0.761. The van der Waals surface area contributed by atoms with Crippen LogP contribution in [0.1, 0.15) is 56.1 Å². The van der Waals surface area contributed by atoms with Crippen LogP contribution in [0.15, 0.2) is 24.4 Å². The van der Waals surface area contributed by atoms with E-state index >= 15 is 0 Å². The van der Waals surface area contributed by atoms with Crippen LogP contribution in [0.3, 0.4) is 0 Å². The summed E-state index contributed by atoms with van der Waals surface area (Å²) in [4.78, 5) is 31.1. The fraction of sp³-hybridized carbons (Fsp3) is 0.389. The van der Waals surface area contributed by atoms with Crippen molar-refractivity contribution in [1.29, 1.82) is 0 Å². The number of hydrogen-bond donors (Lipinski definition) is 3. The molecule has 3 rings (SSSR count). The van der Waals surface area contributed by atoms with Crippen LogP contribution in [0.5, 0.6) is 0 Å². The first-order chi connectivity index (χ1) is 11.6. The molecular formula is C18H22N4O2. The van der Waals surface area contributed by atoms with Crippen molar-refractivity contribution < 1.29 is 9.59 Å². The van der Waals surface area contributed by atoms with Gasteiger partial charge >= 0.3 is 0 Å². The van der Waals surface area contributed by atoms with Gasteiger partial charge in [0.05, 0.1) is 0 Å². The summed E-state index contributed by atoms with van der Waals surface area (Å²) in [6.45, 7) is 3.61. The number of anilines is 2. The Morgan fingerprint density at radius 1 is 1.42 bits per heavy atom. The average molecular weight is 326 g/mol. The highest BCUT2D eigenvalue weighted by atomic mass is 16.2. The van der Waals surface area contributed by atoms with Crippen LogP contribution in [0.4, 0.5) is 11.4 Å². The number of fused-ring (bicyclic) bond motifs is 1. The van der Waals surface area contributed by atoms with Crippen LogP contribution in [0.2, 0.25) is 0 Å². The molecule has 1 aliphatic rings. The van der Waals surface area contributed by atoms with Crippen molar-refractivity contribution in [3.8, 4) is 0 Å². The van der Waals surface area contributed by atoms with Crippen LogP contribution in [-0.2, 0) is 16.0 Å². The summed E-state index contributed by atoms with van der Waals surface area (Å²) >= 11 is 0. The van der Waals surface area contributed by atoms with E-state index in [2.05, 4.69) is 27.5 Å². The van der Waals surface area contributed by atoms with Crippen molar-refractivity contribution in [2.24, 2.45) is 0 Å². The molecule has 0 radical (unpaired) electrons. The van der Waals surface area contributed by atoms with E-state index in [0.29, 0.717) is 12.1 Å². The highest BCUT2D eigenvalue weighted by Gasteiger charge is 2.28. The van der Waals surface area contributed by atoms with Gasteiger partial charge in [0.15, 0.2) is 0 Å². The van der Waals surface area contributed by atoms with E-state index in [1.54, 1.807) is 6.07 Å². The highest BCUT2D eigenvalue weighted by molar-refractivity contribution is 5.97. The van der Waals surface area contributed by atoms with Crippen molar-refractivity contribution in [1.82, 2.24) is 9.97 Å². The molecule has 0 fully saturated rings. The second kappa shape index (κ2) is 6.86. The molecule has 0 unspecified atom stereocenters. The number of carbonyl (C=O) groups is 2. The molecule has 0 saturated heterocycles. The van der Waals surface area contributed by atoms with Gasteiger partial charge in [-0.25, -0.2) is 4.98 Å². The van der Waals surface area contributed by atoms with Gasteiger partial charge in [0.25, 0.3) is 0 Å². The molecule has 1 atom stereocenters. The first-order valence-corrected chi connectivity index (χ1v) is 8.32. The monoisotopic (exact) mass is 326 g/mol. The van der Waals surface area contributed by atoms with E-state index < -0.39 is 0 Å². The molecule has 6 nitrogen and oxygen atoms in total. The molecular weight excluding hydrogens is 304 g/mol. The van der Waals surface area contributed by atoms with Gasteiger partial charge < -0.3 is 15.6 Å². The van der Waals surface area contributed by atoms with Crippen molar-refractivity contribution in [3.63, 3.8) is 0 Å². The molecule has 24 heavy (non-hydrogen) atoms. The van der Waals surface area contributed by atoms with E-state index in [9.17, 15) is 9.59 Å². The van der Waals surface area contributed by atoms with Crippen LogP contribution >= 0.6 is 0 Å². The lowest BCUT2D eigenvalue weighted by atomic mass is 9.88. The lowest BCUT2D eigenvalue weighted by Crippen LogP contribution is -2.24. The smallest absolute Gasteiger partial charge is 0.225 e. The summed E-state index contributed by atoms with van der Waals surface area (Å²) in [5.41, 5.74) is 3.42. The predicted molar refractivity (Wildman–Crippen MR) is 93.0 cm³/mol. The summed E-state index contributed by atoms with van der Waals surface area (Å²) in [7, 11) is 0. The molecule has 0 aliphatic carbocycles. The Morgan fingerprint density at radius 2 is 2.25 bits per heavy atom. The minimum absolute atomic E-state index is 0.0304. The normalized spacial score (nSPS) is 16.4. The van der Waals surface area contributed by atoms with Gasteiger partial charge in [-0.05, 0) is 24.1 Å². The molecule has 2 aromatic rings. The van der Waals surface area contributed by atoms with E-state index in [0.717, 1.165) is 42.0 Å². The van der Waals surface area contributed by atoms with Gasteiger partial charge in [-0.1, -0.05) is 19.4 Å². The molecule has 0 spiro atoms. The number of nitrogens with zero attached hydrogens (tertiary/aromatic N) is 1. The number of benzene rings is 1. The summed E-state index contributed by atoms with van der Waals surface area (Å²) in [6, 6.07) is 5.62. The summed E-state index contributed by atoms with van der Waals surface area (Å²) in [6.07, 6.45) is 5.36. The Hall–Kier alpha value is -2.63. The maximum absolute atomic E-state index is 12.1. The van der Waals surface area contributed by atoms with Crippen LogP contribution in [0, 0.1) is 0 Å². The minimum atomic E-state index is -0.136. The Bertz CT molecular complexity index is 766. The van der Waals surface area contributed by atoms with Crippen molar-refractivity contribution in [3.05, 3.63) is 41.5 Å². The van der Waals surface area contributed by atoms with Gasteiger partial charge in [-0.15, -0.1) is 0 Å². The van der Waals surface area contributed by atoms with Gasteiger partial charge in [0.1, 0.15) is 5.82 Å². The van der Waals surface area contributed by atoms with Crippen LogP contribution < -0.4 is 10.6 Å². The third-order valence-corrected chi connectivity index (χ3v) is 4.20. The Balaban J connectivity index is 1.89. The fourth-order valence-corrected chi connectivity index (χ4v) is 3.05. The zero-order valence-corrected chi connectivity index (χ0v) is 14.0. The Labute approximate surface area is 141 Å². The average Bonchev–Trinajstić information content (AvgIpc) is 3.00. The number of imidazole rings is 1. The number of H-pyrrole nitrogens is 1. The molecule has 3 N–H and O–H groups in total. The van der Waals surface area contributed by atoms with E-state index in [1.165, 1.54) is 6.92 Å². The van der Waals surface area contributed by atoms with Gasteiger partial charge in [-0.2, -0.15) is 0 Å². The molecule has 1 aromatic heterocycles. The largest absolute Gasteiger partial charge is 0.345 e. The number of nitrogens with one attached hydrogen (secondary N) is 3. The number of aryl methyl sites for hydroxylation is 1. The quantitative estimate of drug-likeness (QED) is 0.788. The maximum Gasteiger partial charge on any atom is 0.225 e. The number of aromatic nitrogens is 2. The molecule has 0 bridgehead atoms. The first kappa shape index (κ1) is 16.2. The van der Waals surface area contributed by atoms with Crippen molar-refractivity contribution in [2.75, 3.05) is 10.6 Å². The lowest BCUT2D eigenvalue weighted by Gasteiger charge is -2.25. The molecule has 2 amide bonds. The maximum atomic E-state index is 12.1. The number of hydrogen-bond acceptors (Lipinski definition) is 3. The number of aromatic amines is 1.